The van der Waals surface area contributed by atoms with Crippen LogP contribution < -0.4 is 5.73 Å². The Bertz CT molecular complexity index is 428. The minimum atomic E-state index is 0.516. The van der Waals surface area contributed by atoms with E-state index in [1.54, 1.807) is 0 Å². The zero-order chi connectivity index (χ0) is 30.3. The van der Waals surface area contributed by atoms with Gasteiger partial charge in [-0.3, -0.25) is 0 Å². The van der Waals surface area contributed by atoms with Crippen LogP contribution in [-0.2, 0) is 56.8 Å². The zero-order valence-corrected chi connectivity index (χ0v) is 26.3. The lowest BCUT2D eigenvalue weighted by Crippen LogP contribution is -2.15. The maximum absolute atomic E-state index is 5.48. The minimum absolute atomic E-state index is 0.516. The topological polar surface area (TPSA) is 137 Å². The monoisotopic (exact) mass is 615 g/mol. The Hall–Kier alpha value is -0.520. The Labute approximate surface area is 254 Å². The number of hydrogen-bond acceptors (Lipinski definition) is 13. The van der Waals surface area contributed by atoms with Gasteiger partial charge in [0, 0.05) is 13.2 Å². The molecule has 0 amide bonds. The van der Waals surface area contributed by atoms with Crippen LogP contribution in [0.25, 0.3) is 0 Å². The maximum atomic E-state index is 5.48. The molecule has 0 aliphatic heterocycles. The van der Waals surface area contributed by atoms with Crippen LogP contribution >= 0.6 is 0 Å². The van der Waals surface area contributed by atoms with Crippen LogP contribution in [0.4, 0.5) is 0 Å². The van der Waals surface area contributed by atoms with Gasteiger partial charge in [0.2, 0.25) is 0 Å². The van der Waals surface area contributed by atoms with Crippen molar-refractivity contribution in [2.45, 2.75) is 26.2 Å². The Balaban J connectivity index is 3.02. The molecule has 0 aliphatic carbocycles. The van der Waals surface area contributed by atoms with Crippen LogP contribution in [0.1, 0.15) is 26.2 Å². The molecule has 0 aromatic carbocycles. The lowest BCUT2D eigenvalue weighted by atomic mass is 10.3. The summed E-state index contributed by atoms with van der Waals surface area (Å²) in [6, 6.07) is 0. The van der Waals surface area contributed by atoms with Crippen LogP contribution in [0, 0.1) is 0 Å². The molecule has 42 heavy (non-hydrogen) atoms. The summed E-state index contributed by atoms with van der Waals surface area (Å²) in [5.41, 5.74) is 5.33. The standard InChI is InChI=1S/C29H61NO12/c1-2-3-4-6-31-8-10-33-12-14-35-16-18-37-20-22-39-24-26-41-28-29-42-27-25-40-23-21-38-19-17-36-15-13-34-11-9-32-7-5-30/h2-30H2,1H3. The smallest absolute Gasteiger partial charge is 0.0701 e. The van der Waals surface area contributed by atoms with E-state index < -0.39 is 0 Å². The molecule has 0 rings (SSSR count). The van der Waals surface area contributed by atoms with E-state index >= 15 is 0 Å². The van der Waals surface area contributed by atoms with Gasteiger partial charge in [-0.15, -0.1) is 0 Å². The fraction of sp³-hybridized carbons (Fsp3) is 1.00. The predicted octanol–water partition coefficient (Wildman–Crippen LogP) is 1.33. The van der Waals surface area contributed by atoms with Gasteiger partial charge in [0.1, 0.15) is 0 Å². The molecular formula is C29H61NO12. The van der Waals surface area contributed by atoms with Crippen LogP contribution in [0.3, 0.4) is 0 Å². The Kier molecular flexibility index (Phi) is 40.0. The molecule has 0 spiro atoms. The molecule has 0 aliphatic rings. The van der Waals surface area contributed by atoms with Crippen molar-refractivity contribution in [3.8, 4) is 0 Å². The number of ether oxygens (including phenoxy) is 12. The van der Waals surface area contributed by atoms with Gasteiger partial charge >= 0.3 is 0 Å². The van der Waals surface area contributed by atoms with Gasteiger partial charge in [0.05, 0.1) is 152 Å². The summed E-state index contributed by atoms with van der Waals surface area (Å²) in [6.07, 6.45) is 3.55. The third kappa shape index (κ3) is 39.5. The summed E-state index contributed by atoms with van der Waals surface area (Å²) in [5, 5.41) is 0. The van der Waals surface area contributed by atoms with E-state index in [2.05, 4.69) is 6.92 Å². The first-order valence-electron chi connectivity index (χ1n) is 15.5. The minimum Gasteiger partial charge on any atom is -0.379 e. The van der Waals surface area contributed by atoms with Crippen molar-refractivity contribution in [2.24, 2.45) is 5.73 Å². The van der Waals surface area contributed by atoms with E-state index in [-0.39, 0.29) is 0 Å². The van der Waals surface area contributed by atoms with Crippen molar-refractivity contribution in [1.29, 1.82) is 0 Å². The van der Waals surface area contributed by atoms with Crippen molar-refractivity contribution in [3.05, 3.63) is 0 Å². The highest BCUT2D eigenvalue weighted by molar-refractivity contribution is 4.40. The van der Waals surface area contributed by atoms with Crippen LogP contribution in [0.2, 0.25) is 0 Å². The summed E-state index contributed by atoms with van der Waals surface area (Å²) in [7, 11) is 0. The molecular weight excluding hydrogens is 554 g/mol. The van der Waals surface area contributed by atoms with E-state index in [4.69, 9.17) is 62.6 Å². The lowest BCUT2D eigenvalue weighted by Gasteiger charge is -2.09. The molecule has 0 heterocycles. The Morgan fingerprint density at radius 3 is 0.643 bits per heavy atom. The van der Waals surface area contributed by atoms with E-state index in [9.17, 15) is 0 Å². The first kappa shape index (κ1) is 41.5. The molecule has 0 saturated carbocycles. The number of rotatable bonds is 39. The van der Waals surface area contributed by atoms with Crippen LogP contribution in [-0.4, -0.2) is 165 Å². The van der Waals surface area contributed by atoms with Crippen molar-refractivity contribution in [1.82, 2.24) is 0 Å². The molecule has 0 saturated heterocycles. The molecule has 0 radical (unpaired) electrons. The molecule has 13 heteroatoms. The van der Waals surface area contributed by atoms with Gasteiger partial charge in [0.15, 0.2) is 0 Å². The highest BCUT2D eigenvalue weighted by atomic mass is 16.6. The van der Waals surface area contributed by atoms with Crippen LogP contribution in [0.5, 0.6) is 0 Å². The quantitative estimate of drug-likeness (QED) is 0.0997. The fourth-order valence-corrected chi connectivity index (χ4v) is 3.06. The average molecular weight is 616 g/mol. The third-order valence-corrected chi connectivity index (χ3v) is 5.25. The molecule has 0 aromatic heterocycles. The summed E-state index contributed by atoms with van der Waals surface area (Å²) >= 11 is 0. The second-order valence-corrected chi connectivity index (χ2v) is 8.84. The number of hydrogen-bond donors (Lipinski definition) is 1. The molecule has 0 atom stereocenters. The maximum Gasteiger partial charge on any atom is 0.0701 e. The number of unbranched alkanes of at least 4 members (excludes halogenated alkanes) is 2. The van der Waals surface area contributed by atoms with Gasteiger partial charge < -0.3 is 62.6 Å². The normalized spacial score (nSPS) is 11.6. The van der Waals surface area contributed by atoms with Gasteiger partial charge in [-0.25, -0.2) is 0 Å². The molecule has 0 bridgehead atoms. The molecule has 0 fully saturated rings. The first-order chi connectivity index (χ1) is 20.9. The summed E-state index contributed by atoms with van der Waals surface area (Å²) < 4.78 is 65.2. The summed E-state index contributed by atoms with van der Waals surface area (Å²) in [4.78, 5) is 0. The predicted molar refractivity (Wildman–Crippen MR) is 158 cm³/mol. The Morgan fingerprint density at radius 1 is 0.262 bits per heavy atom. The van der Waals surface area contributed by atoms with E-state index in [1.165, 1.54) is 12.8 Å². The third-order valence-electron chi connectivity index (χ3n) is 5.25. The van der Waals surface area contributed by atoms with Crippen molar-refractivity contribution < 1.29 is 56.8 Å². The molecule has 2 N–H and O–H groups in total. The van der Waals surface area contributed by atoms with Crippen molar-refractivity contribution in [3.63, 3.8) is 0 Å². The summed E-state index contributed by atoms with van der Waals surface area (Å²) in [6.45, 7) is 15.9. The molecule has 0 aromatic rings. The van der Waals surface area contributed by atoms with Crippen molar-refractivity contribution >= 4 is 0 Å². The van der Waals surface area contributed by atoms with Crippen LogP contribution in [0.15, 0.2) is 0 Å². The number of nitrogens with two attached hydrogens (primary N) is 1. The lowest BCUT2D eigenvalue weighted by molar-refractivity contribution is -0.0283. The second kappa shape index (κ2) is 40.5. The van der Waals surface area contributed by atoms with Gasteiger partial charge in [-0.05, 0) is 6.42 Å². The van der Waals surface area contributed by atoms with E-state index in [0.717, 1.165) is 13.0 Å². The fourth-order valence-electron chi connectivity index (χ4n) is 3.06. The largest absolute Gasteiger partial charge is 0.379 e. The summed E-state index contributed by atoms with van der Waals surface area (Å²) in [5.74, 6) is 0. The van der Waals surface area contributed by atoms with E-state index in [1.807, 2.05) is 0 Å². The molecule has 0 unspecified atom stereocenters. The SMILES string of the molecule is CCCCCOCCOCCOCCOCCOCCOCCOCCOCCOCCOCCOCCOCCN. The average Bonchev–Trinajstić information content (AvgIpc) is 3.00. The van der Waals surface area contributed by atoms with Crippen molar-refractivity contribution in [2.75, 3.05) is 165 Å². The molecule has 13 nitrogen and oxygen atoms in total. The van der Waals surface area contributed by atoms with Gasteiger partial charge in [0.25, 0.3) is 0 Å². The zero-order valence-electron chi connectivity index (χ0n) is 26.3. The highest BCUT2D eigenvalue weighted by Crippen LogP contribution is 1.94. The van der Waals surface area contributed by atoms with Gasteiger partial charge in [-0.1, -0.05) is 19.8 Å². The first-order valence-corrected chi connectivity index (χ1v) is 15.5. The van der Waals surface area contributed by atoms with E-state index in [0.29, 0.717) is 159 Å². The Morgan fingerprint density at radius 2 is 0.452 bits per heavy atom. The molecule has 254 valence electrons. The second-order valence-electron chi connectivity index (χ2n) is 8.84. The highest BCUT2D eigenvalue weighted by Gasteiger charge is 1.96. The van der Waals surface area contributed by atoms with Gasteiger partial charge in [-0.2, -0.15) is 0 Å².